The molecule has 0 aromatic carbocycles. The zero-order valence-corrected chi connectivity index (χ0v) is 22.3. The molecule has 0 bridgehead atoms. The molecule has 0 radical (unpaired) electrons. The van der Waals surface area contributed by atoms with Crippen molar-refractivity contribution in [2.24, 2.45) is 23.7 Å². The Hall–Kier alpha value is -1.14. The number of allylic oxidation sites excluding steroid dienone is 4. The summed E-state index contributed by atoms with van der Waals surface area (Å²) < 4.78 is 25.4. The molecule has 1 N–H and O–H groups in total. The average molecular weight is 489 g/mol. The Balaban J connectivity index is 1.55. The number of ether oxygens (including phenoxy) is 4. The van der Waals surface area contributed by atoms with Gasteiger partial charge < -0.3 is 24.1 Å². The maximum Gasteiger partial charge on any atom is 0.199 e. The van der Waals surface area contributed by atoms with Gasteiger partial charge in [-0.2, -0.15) is 0 Å². The molecule has 0 spiro atoms. The van der Waals surface area contributed by atoms with Crippen LogP contribution in [0.1, 0.15) is 91.4 Å². The van der Waals surface area contributed by atoms with E-state index >= 15 is 0 Å². The highest BCUT2D eigenvalue weighted by atomic mass is 16.7. The van der Waals surface area contributed by atoms with Crippen LogP contribution in [0.4, 0.5) is 0 Å². The zero-order chi connectivity index (χ0) is 24.6. The van der Waals surface area contributed by atoms with E-state index in [1.165, 1.54) is 17.6 Å². The summed E-state index contributed by atoms with van der Waals surface area (Å²) in [7, 11) is 0. The monoisotopic (exact) mass is 488 g/mol. The summed E-state index contributed by atoms with van der Waals surface area (Å²) in [6.07, 6.45) is 18.4. The first kappa shape index (κ1) is 26.9. The lowest BCUT2D eigenvalue weighted by Crippen LogP contribution is -2.34. The number of aliphatic hydroxyl groups is 1. The first-order chi connectivity index (χ1) is 17.0. The number of hydrogen-bond donors (Lipinski definition) is 1. The maximum atomic E-state index is 9.55. The Morgan fingerprint density at radius 1 is 1.06 bits per heavy atom. The van der Waals surface area contributed by atoms with Crippen LogP contribution in [0, 0.1) is 23.7 Å². The van der Waals surface area contributed by atoms with Crippen molar-refractivity contribution in [3.8, 4) is 0 Å². The molecule has 35 heavy (non-hydrogen) atoms. The Morgan fingerprint density at radius 2 is 1.77 bits per heavy atom. The second-order valence-electron chi connectivity index (χ2n) is 11.4. The molecule has 0 aromatic heterocycles. The molecule has 7 atom stereocenters. The number of hydrogen-bond acceptors (Lipinski definition) is 5. The van der Waals surface area contributed by atoms with Crippen molar-refractivity contribution >= 4 is 0 Å². The molecule has 0 amide bonds. The molecule has 5 nitrogen and oxygen atoms in total. The lowest BCUT2D eigenvalue weighted by Gasteiger charge is -2.34. The van der Waals surface area contributed by atoms with E-state index in [4.69, 9.17) is 18.9 Å². The summed E-state index contributed by atoms with van der Waals surface area (Å²) in [6.45, 7) is 8.46. The van der Waals surface area contributed by atoms with Gasteiger partial charge >= 0.3 is 0 Å². The fourth-order valence-corrected chi connectivity index (χ4v) is 6.22. The molecule has 2 saturated heterocycles. The molecule has 3 fully saturated rings. The van der Waals surface area contributed by atoms with E-state index in [0.29, 0.717) is 17.8 Å². The Morgan fingerprint density at radius 3 is 2.43 bits per heavy atom. The third-order valence-corrected chi connectivity index (χ3v) is 8.15. The molecule has 1 saturated carbocycles. The predicted octanol–water partition coefficient (Wildman–Crippen LogP) is 6.67. The molecule has 2 heterocycles. The van der Waals surface area contributed by atoms with E-state index < -0.39 is 0 Å². The van der Waals surface area contributed by atoms with E-state index in [0.717, 1.165) is 83.2 Å². The molecule has 3 unspecified atom stereocenters. The van der Waals surface area contributed by atoms with Gasteiger partial charge in [-0.1, -0.05) is 30.2 Å². The van der Waals surface area contributed by atoms with Crippen LogP contribution in [0.25, 0.3) is 0 Å². The van der Waals surface area contributed by atoms with Gasteiger partial charge in [0.05, 0.1) is 12.7 Å². The minimum atomic E-state index is -0.153. The SMILES string of the molecule is CC(C)=CCC(C)CC=C(OC1CCCCO1)[C@H]1[C@@H]2CC(CCO)=C[C@@H]2C[C@@H]1OC1CCCCO1. The van der Waals surface area contributed by atoms with Gasteiger partial charge in [0.25, 0.3) is 0 Å². The minimum absolute atomic E-state index is 0.0975. The smallest absolute Gasteiger partial charge is 0.199 e. The second-order valence-corrected chi connectivity index (χ2v) is 11.4. The third kappa shape index (κ3) is 7.67. The normalized spacial score (nSPS) is 34.3. The highest BCUT2D eigenvalue weighted by molar-refractivity contribution is 5.23. The van der Waals surface area contributed by atoms with Gasteiger partial charge in [-0.15, -0.1) is 0 Å². The fraction of sp³-hybridized carbons (Fsp3) is 0.800. The molecule has 2 aliphatic carbocycles. The van der Waals surface area contributed by atoms with Crippen molar-refractivity contribution in [1.29, 1.82) is 0 Å². The molecular weight excluding hydrogens is 440 g/mol. The molecule has 198 valence electrons. The summed E-state index contributed by atoms with van der Waals surface area (Å²) in [5.74, 6) is 2.79. The third-order valence-electron chi connectivity index (χ3n) is 8.15. The first-order valence-electron chi connectivity index (χ1n) is 14.2. The number of fused-ring (bicyclic) bond motifs is 1. The Labute approximate surface area is 212 Å². The standard InChI is InChI=1S/C30H48O5/c1-21(2)10-11-22(3)12-13-26(34-28-8-4-6-16-32-28)30-25-19-23(14-15-31)18-24(25)20-27(30)35-29-9-5-7-17-33-29/h10,13,18,22,24-25,27-31H,4-9,11-12,14-17,19-20H2,1-3H3/t22?,24-,25-,27+,28?,29?,30-/m1/s1. The van der Waals surface area contributed by atoms with Crippen LogP contribution < -0.4 is 0 Å². The van der Waals surface area contributed by atoms with E-state index in [-0.39, 0.29) is 31.2 Å². The highest BCUT2D eigenvalue weighted by Gasteiger charge is 2.49. The van der Waals surface area contributed by atoms with Crippen LogP contribution in [-0.4, -0.2) is 43.6 Å². The molecule has 2 aliphatic heterocycles. The highest BCUT2D eigenvalue weighted by Crippen LogP contribution is 2.52. The van der Waals surface area contributed by atoms with Crippen LogP contribution in [0.15, 0.2) is 35.1 Å². The molecule has 5 heteroatoms. The quantitative estimate of drug-likeness (QED) is 0.260. The van der Waals surface area contributed by atoms with Crippen molar-refractivity contribution in [3.05, 3.63) is 35.1 Å². The van der Waals surface area contributed by atoms with Crippen molar-refractivity contribution in [3.63, 3.8) is 0 Å². The van der Waals surface area contributed by atoms with E-state index in [9.17, 15) is 5.11 Å². The van der Waals surface area contributed by atoms with Crippen LogP contribution in [-0.2, 0) is 18.9 Å². The lowest BCUT2D eigenvalue weighted by molar-refractivity contribution is -0.200. The summed E-state index contributed by atoms with van der Waals surface area (Å²) >= 11 is 0. The van der Waals surface area contributed by atoms with E-state index in [1.54, 1.807) is 0 Å². The topological polar surface area (TPSA) is 57.2 Å². The molecule has 4 rings (SSSR count). The van der Waals surface area contributed by atoms with Crippen LogP contribution in [0.3, 0.4) is 0 Å². The summed E-state index contributed by atoms with van der Waals surface area (Å²) in [4.78, 5) is 0. The predicted molar refractivity (Wildman–Crippen MR) is 139 cm³/mol. The van der Waals surface area contributed by atoms with E-state index in [2.05, 4.69) is 39.0 Å². The van der Waals surface area contributed by atoms with Crippen LogP contribution in [0.5, 0.6) is 0 Å². The average Bonchev–Trinajstić information content (AvgIpc) is 3.38. The Bertz CT molecular complexity index is 740. The first-order valence-corrected chi connectivity index (χ1v) is 14.2. The van der Waals surface area contributed by atoms with Gasteiger partial charge in [0.1, 0.15) is 5.76 Å². The van der Waals surface area contributed by atoms with Crippen molar-refractivity contribution < 1.29 is 24.1 Å². The van der Waals surface area contributed by atoms with Gasteiger partial charge in [0, 0.05) is 25.6 Å². The van der Waals surface area contributed by atoms with Gasteiger partial charge in [-0.25, -0.2) is 0 Å². The number of aliphatic hydroxyl groups excluding tert-OH is 1. The van der Waals surface area contributed by atoms with Crippen molar-refractivity contribution in [1.82, 2.24) is 0 Å². The summed E-state index contributed by atoms with van der Waals surface area (Å²) in [5.41, 5.74) is 2.77. The molecule has 0 aromatic rings. The Kier molecular flexibility index (Phi) is 10.3. The lowest BCUT2D eigenvalue weighted by atomic mass is 9.86. The van der Waals surface area contributed by atoms with Gasteiger partial charge in [0.15, 0.2) is 12.6 Å². The van der Waals surface area contributed by atoms with Crippen molar-refractivity contribution in [2.45, 2.75) is 110 Å². The molecular formula is C30H48O5. The maximum absolute atomic E-state index is 9.55. The number of rotatable bonds is 11. The largest absolute Gasteiger partial charge is 0.469 e. The van der Waals surface area contributed by atoms with Gasteiger partial charge in [-0.05, 0) is 102 Å². The van der Waals surface area contributed by atoms with E-state index in [1.807, 2.05) is 0 Å². The zero-order valence-electron chi connectivity index (χ0n) is 22.3. The molecule has 4 aliphatic rings. The summed E-state index contributed by atoms with van der Waals surface area (Å²) in [6, 6.07) is 0. The van der Waals surface area contributed by atoms with Gasteiger partial charge in [0.2, 0.25) is 0 Å². The summed E-state index contributed by atoms with van der Waals surface area (Å²) in [5, 5.41) is 9.55. The van der Waals surface area contributed by atoms with Crippen molar-refractivity contribution in [2.75, 3.05) is 19.8 Å². The minimum Gasteiger partial charge on any atom is -0.469 e. The van der Waals surface area contributed by atoms with Crippen LogP contribution in [0.2, 0.25) is 0 Å². The van der Waals surface area contributed by atoms with Gasteiger partial charge in [-0.3, -0.25) is 0 Å². The fourth-order valence-electron chi connectivity index (χ4n) is 6.22. The van der Waals surface area contributed by atoms with Crippen LogP contribution >= 0.6 is 0 Å². The second kappa shape index (κ2) is 13.4.